The van der Waals surface area contributed by atoms with E-state index in [1.807, 2.05) is 0 Å². The van der Waals surface area contributed by atoms with Gasteiger partial charge in [0.2, 0.25) is 0 Å². The third-order valence-corrected chi connectivity index (χ3v) is 5.47. The molecule has 1 saturated heterocycles. The molecule has 0 radical (unpaired) electrons. The number of piperazine rings is 1. The van der Waals surface area contributed by atoms with Gasteiger partial charge in [-0.05, 0) is 31.4 Å². The summed E-state index contributed by atoms with van der Waals surface area (Å²) in [5.74, 6) is 0.975. The minimum atomic E-state index is -0.692. The lowest BCUT2D eigenvalue weighted by atomic mass is 9.95. The van der Waals surface area contributed by atoms with Gasteiger partial charge in [-0.3, -0.25) is 0 Å². The van der Waals surface area contributed by atoms with Crippen LogP contribution in [0.3, 0.4) is 0 Å². The molecule has 1 heterocycles. The van der Waals surface area contributed by atoms with E-state index in [0.717, 1.165) is 56.8 Å². The molecule has 0 aromatic heterocycles. The molecule has 6 nitrogen and oxygen atoms in total. The first-order chi connectivity index (χ1) is 12.1. The van der Waals surface area contributed by atoms with Crippen molar-refractivity contribution in [3.05, 3.63) is 17.7 Å². The fraction of sp³-hybridized carbons (Fsp3) is 0.632. The molecule has 25 heavy (non-hydrogen) atoms. The fourth-order valence-corrected chi connectivity index (χ4v) is 3.95. The Morgan fingerprint density at radius 1 is 1.20 bits per heavy atom. The van der Waals surface area contributed by atoms with E-state index < -0.39 is 6.16 Å². The van der Waals surface area contributed by atoms with E-state index in [4.69, 9.17) is 10.5 Å². The number of nitrogens with two attached hydrogens (primary N) is 1. The molecule has 6 heteroatoms. The van der Waals surface area contributed by atoms with Crippen LogP contribution in [-0.4, -0.2) is 50.9 Å². The number of methoxy groups -OCH3 is 1. The van der Waals surface area contributed by atoms with E-state index >= 15 is 0 Å². The molecule has 2 fully saturated rings. The highest BCUT2D eigenvalue weighted by molar-refractivity contribution is 5.74. The van der Waals surface area contributed by atoms with Crippen LogP contribution in [0.1, 0.15) is 44.1 Å². The summed E-state index contributed by atoms with van der Waals surface area (Å²) < 4.78 is 10.1. The summed E-state index contributed by atoms with van der Waals surface area (Å²) in [6, 6.07) is 3.94. The zero-order valence-corrected chi connectivity index (χ0v) is 15.3. The predicted molar refractivity (Wildman–Crippen MR) is 99.4 cm³/mol. The number of nitrogen functional groups attached to an aromatic ring is 1. The van der Waals surface area contributed by atoms with Crippen LogP contribution < -0.4 is 15.4 Å². The number of nitrogens with zero attached hydrogens (tertiary/aromatic N) is 2. The summed E-state index contributed by atoms with van der Waals surface area (Å²) in [4.78, 5) is 16.4. The van der Waals surface area contributed by atoms with Crippen LogP contribution in [0.25, 0.3) is 0 Å². The third-order valence-electron chi connectivity index (χ3n) is 5.47. The van der Waals surface area contributed by atoms with Crippen molar-refractivity contribution >= 4 is 17.5 Å². The Bertz CT molecular complexity index is 606. The van der Waals surface area contributed by atoms with E-state index in [9.17, 15) is 4.79 Å². The van der Waals surface area contributed by atoms with Crippen LogP contribution in [0, 0.1) is 0 Å². The number of carbonyl (C=O) groups is 1. The maximum absolute atomic E-state index is 11.6. The molecule has 1 aliphatic heterocycles. The highest BCUT2D eigenvalue weighted by Gasteiger charge is 2.26. The number of anilines is 2. The topological polar surface area (TPSA) is 68.0 Å². The summed E-state index contributed by atoms with van der Waals surface area (Å²) in [7, 11) is 1.32. The van der Waals surface area contributed by atoms with Gasteiger partial charge in [-0.25, -0.2) is 4.79 Å². The van der Waals surface area contributed by atoms with Crippen LogP contribution in [0.2, 0.25) is 0 Å². The summed E-state index contributed by atoms with van der Waals surface area (Å²) in [6.07, 6.45) is 4.01. The van der Waals surface area contributed by atoms with Gasteiger partial charge in [-0.15, -0.1) is 0 Å². The largest absolute Gasteiger partial charge is 0.513 e. The number of likely N-dealkylation sites (N-methyl/N-ethyl adjacent to an activating group) is 1. The molecule has 2 aliphatic rings. The molecule has 1 aromatic carbocycles. The molecule has 1 aliphatic carbocycles. The van der Waals surface area contributed by atoms with Crippen LogP contribution in [-0.2, 0) is 4.74 Å². The second-order valence-electron chi connectivity index (χ2n) is 6.91. The van der Waals surface area contributed by atoms with Gasteiger partial charge in [0.1, 0.15) is 5.75 Å². The van der Waals surface area contributed by atoms with Gasteiger partial charge in [0.25, 0.3) is 0 Å². The molecule has 2 N–H and O–H groups in total. The smallest absolute Gasteiger partial charge is 0.437 e. The molecular weight excluding hydrogens is 318 g/mol. The predicted octanol–water partition coefficient (Wildman–Crippen LogP) is 3.21. The highest BCUT2D eigenvalue weighted by atomic mass is 16.7. The van der Waals surface area contributed by atoms with E-state index in [1.165, 1.54) is 20.0 Å². The van der Waals surface area contributed by atoms with Gasteiger partial charge in [-0.2, -0.15) is 0 Å². The minimum Gasteiger partial charge on any atom is -0.437 e. The van der Waals surface area contributed by atoms with E-state index in [1.54, 1.807) is 6.07 Å². The van der Waals surface area contributed by atoms with E-state index in [-0.39, 0.29) is 0 Å². The quantitative estimate of drug-likeness (QED) is 0.512. The zero-order chi connectivity index (χ0) is 17.8. The number of hydrogen-bond acceptors (Lipinski definition) is 6. The molecule has 1 aromatic rings. The molecule has 138 valence electrons. The Morgan fingerprint density at radius 2 is 1.88 bits per heavy atom. The van der Waals surface area contributed by atoms with Crippen molar-refractivity contribution < 1.29 is 14.3 Å². The van der Waals surface area contributed by atoms with Crippen LogP contribution in [0.15, 0.2) is 12.1 Å². The minimum absolute atomic E-state index is 0.427. The SMILES string of the molecule is CCN1CCN(c2cc(C3CCCC3)c(OC(=O)OC)cc2N)CC1. The molecule has 0 amide bonds. The van der Waals surface area contributed by atoms with Gasteiger partial charge >= 0.3 is 6.16 Å². The van der Waals surface area contributed by atoms with Crippen LogP contribution in [0.5, 0.6) is 5.75 Å². The van der Waals surface area contributed by atoms with Crippen LogP contribution in [0.4, 0.5) is 16.2 Å². The summed E-state index contributed by atoms with van der Waals surface area (Å²) >= 11 is 0. The van der Waals surface area contributed by atoms with Gasteiger partial charge in [0, 0.05) is 37.8 Å². The number of benzene rings is 1. The molecular formula is C19H29N3O3. The lowest BCUT2D eigenvalue weighted by Crippen LogP contribution is -2.46. The average molecular weight is 347 g/mol. The molecule has 0 bridgehead atoms. The standard InChI is InChI=1S/C19H29N3O3/c1-3-21-8-10-22(11-9-21)17-12-15(14-6-4-5-7-14)18(13-16(17)20)25-19(23)24-2/h12-14H,3-11,20H2,1-2H3. The summed E-state index contributed by atoms with van der Waals surface area (Å²) in [5, 5.41) is 0. The molecule has 0 atom stereocenters. The van der Waals surface area contributed by atoms with E-state index in [0.29, 0.717) is 17.4 Å². The zero-order valence-electron chi connectivity index (χ0n) is 15.3. The summed E-state index contributed by atoms with van der Waals surface area (Å²) in [5.41, 5.74) is 9.13. The first-order valence-electron chi connectivity index (χ1n) is 9.29. The Kier molecular flexibility index (Phi) is 5.68. The third kappa shape index (κ3) is 4.00. The highest BCUT2D eigenvalue weighted by Crippen LogP contribution is 2.43. The normalized spacial score (nSPS) is 19.2. The van der Waals surface area contributed by atoms with Crippen molar-refractivity contribution in [2.75, 3.05) is 50.5 Å². The van der Waals surface area contributed by atoms with Gasteiger partial charge < -0.3 is 25.0 Å². The molecule has 1 saturated carbocycles. The second-order valence-corrected chi connectivity index (χ2v) is 6.91. The summed E-state index contributed by atoms with van der Waals surface area (Å²) in [6.45, 7) is 7.33. The Labute approximate surface area is 149 Å². The fourth-order valence-electron chi connectivity index (χ4n) is 3.95. The maximum Gasteiger partial charge on any atom is 0.513 e. The Balaban J connectivity index is 1.88. The lowest BCUT2D eigenvalue weighted by Gasteiger charge is -2.36. The van der Waals surface area contributed by atoms with Gasteiger partial charge in [0.15, 0.2) is 0 Å². The first kappa shape index (κ1) is 17.9. The lowest BCUT2D eigenvalue weighted by molar-refractivity contribution is 0.121. The van der Waals surface area contributed by atoms with Gasteiger partial charge in [0.05, 0.1) is 18.5 Å². The number of ether oxygens (including phenoxy) is 2. The Morgan fingerprint density at radius 3 is 2.48 bits per heavy atom. The van der Waals surface area contributed by atoms with Crippen molar-refractivity contribution in [1.29, 1.82) is 0 Å². The van der Waals surface area contributed by atoms with E-state index in [2.05, 4.69) is 27.5 Å². The Hall–Kier alpha value is -1.95. The van der Waals surface area contributed by atoms with Crippen LogP contribution >= 0.6 is 0 Å². The molecule has 0 spiro atoms. The van der Waals surface area contributed by atoms with Gasteiger partial charge in [-0.1, -0.05) is 19.8 Å². The first-order valence-corrected chi connectivity index (χ1v) is 9.29. The van der Waals surface area contributed by atoms with Crippen molar-refractivity contribution in [2.45, 2.75) is 38.5 Å². The monoisotopic (exact) mass is 347 g/mol. The average Bonchev–Trinajstić information content (AvgIpc) is 3.16. The van der Waals surface area contributed by atoms with Crippen molar-refractivity contribution in [2.24, 2.45) is 0 Å². The number of carbonyl (C=O) groups excluding carboxylic acids is 1. The van der Waals surface area contributed by atoms with Crippen molar-refractivity contribution in [3.8, 4) is 5.75 Å². The molecule has 3 rings (SSSR count). The second kappa shape index (κ2) is 7.95. The van der Waals surface area contributed by atoms with Crippen molar-refractivity contribution in [3.63, 3.8) is 0 Å². The number of rotatable bonds is 4. The number of hydrogen-bond donors (Lipinski definition) is 1. The maximum atomic E-state index is 11.6. The van der Waals surface area contributed by atoms with Crippen molar-refractivity contribution in [1.82, 2.24) is 4.90 Å². The molecule has 0 unspecified atom stereocenters.